The second-order valence-electron chi connectivity index (χ2n) is 8.45. The van der Waals surface area contributed by atoms with E-state index in [9.17, 15) is 9.59 Å². The van der Waals surface area contributed by atoms with E-state index in [1.54, 1.807) is 19.1 Å². The van der Waals surface area contributed by atoms with Crippen LogP contribution in [0.15, 0.2) is 42.5 Å². The van der Waals surface area contributed by atoms with E-state index in [4.69, 9.17) is 14.2 Å². The fraction of sp³-hybridized carbons (Fsp3) is 0.417. The van der Waals surface area contributed by atoms with Gasteiger partial charge in [0.25, 0.3) is 0 Å². The number of carbonyl (C=O) groups excluding carboxylic acids is 2. The fourth-order valence-electron chi connectivity index (χ4n) is 4.03. The quantitative estimate of drug-likeness (QED) is 0.740. The first kappa shape index (κ1) is 22.0. The number of para-hydroxylation sites is 1. The molecule has 2 aromatic carbocycles. The number of hydrogen-bond donors (Lipinski definition) is 1. The van der Waals surface area contributed by atoms with Crippen LogP contribution >= 0.6 is 0 Å². The van der Waals surface area contributed by atoms with Crippen molar-refractivity contribution >= 4 is 11.8 Å². The molecule has 170 valence electrons. The summed E-state index contributed by atoms with van der Waals surface area (Å²) in [5.74, 6) is 1.75. The lowest BCUT2D eigenvalue weighted by atomic mass is 10.1. The van der Waals surface area contributed by atoms with Crippen LogP contribution in [0.5, 0.6) is 17.2 Å². The SMILES string of the molecule is CC(NC(=O)Cc1ccc2c(c1)OCO2)C(=O)N1Cc2ccccc2OCC1CN(C)C. The van der Waals surface area contributed by atoms with Crippen LogP contribution in [0, 0.1) is 0 Å². The van der Waals surface area contributed by atoms with Gasteiger partial charge in [0.15, 0.2) is 11.5 Å². The summed E-state index contributed by atoms with van der Waals surface area (Å²) in [5, 5.41) is 2.85. The van der Waals surface area contributed by atoms with Gasteiger partial charge in [-0.3, -0.25) is 9.59 Å². The first-order valence-corrected chi connectivity index (χ1v) is 10.7. The molecule has 2 heterocycles. The predicted octanol–water partition coefficient (Wildman–Crippen LogP) is 1.81. The molecule has 1 N–H and O–H groups in total. The molecule has 0 aliphatic carbocycles. The summed E-state index contributed by atoms with van der Waals surface area (Å²) < 4.78 is 16.7. The molecule has 2 aromatic rings. The zero-order valence-electron chi connectivity index (χ0n) is 18.7. The van der Waals surface area contributed by atoms with E-state index >= 15 is 0 Å². The highest BCUT2D eigenvalue weighted by Crippen LogP contribution is 2.32. The van der Waals surface area contributed by atoms with Gasteiger partial charge in [-0.05, 0) is 44.8 Å². The van der Waals surface area contributed by atoms with E-state index in [-0.39, 0.29) is 31.1 Å². The largest absolute Gasteiger partial charge is 0.491 e. The molecule has 2 aliphatic heterocycles. The molecule has 2 atom stereocenters. The van der Waals surface area contributed by atoms with Crippen molar-refractivity contribution in [2.75, 3.05) is 34.0 Å². The van der Waals surface area contributed by atoms with Crippen LogP contribution in [0.25, 0.3) is 0 Å². The summed E-state index contributed by atoms with van der Waals surface area (Å²) in [5.41, 5.74) is 1.76. The van der Waals surface area contributed by atoms with Gasteiger partial charge in [0.1, 0.15) is 18.4 Å². The molecule has 4 rings (SSSR count). The van der Waals surface area contributed by atoms with Crippen LogP contribution in [-0.2, 0) is 22.6 Å². The molecule has 0 radical (unpaired) electrons. The van der Waals surface area contributed by atoms with Crippen molar-refractivity contribution in [2.24, 2.45) is 0 Å². The van der Waals surface area contributed by atoms with E-state index < -0.39 is 6.04 Å². The Morgan fingerprint density at radius 3 is 2.69 bits per heavy atom. The third-order valence-corrected chi connectivity index (χ3v) is 5.59. The van der Waals surface area contributed by atoms with Gasteiger partial charge in [-0.15, -0.1) is 0 Å². The monoisotopic (exact) mass is 439 g/mol. The summed E-state index contributed by atoms with van der Waals surface area (Å²) in [6, 6.07) is 12.4. The number of nitrogens with zero attached hydrogens (tertiary/aromatic N) is 2. The van der Waals surface area contributed by atoms with E-state index in [0.717, 1.165) is 16.9 Å². The van der Waals surface area contributed by atoms with Crippen molar-refractivity contribution in [3.63, 3.8) is 0 Å². The Morgan fingerprint density at radius 1 is 1.09 bits per heavy atom. The molecular formula is C24H29N3O5. The molecule has 0 bridgehead atoms. The molecule has 0 spiro atoms. The molecule has 2 unspecified atom stereocenters. The van der Waals surface area contributed by atoms with E-state index in [0.29, 0.717) is 31.2 Å². The molecule has 0 aromatic heterocycles. The number of nitrogens with one attached hydrogen (secondary N) is 1. The maximum atomic E-state index is 13.4. The Balaban J connectivity index is 1.43. The Hall–Kier alpha value is -3.26. The van der Waals surface area contributed by atoms with Gasteiger partial charge in [0.05, 0.1) is 12.5 Å². The molecule has 8 nitrogen and oxygen atoms in total. The Bertz CT molecular complexity index is 993. The summed E-state index contributed by atoms with van der Waals surface area (Å²) in [6.45, 7) is 3.42. The zero-order valence-corrected chi connectivity index (χ0v) is 18.7. The summed E-state index contributed by atoms with van der Waals surface area (Å²) in [7, 11) is 3.94. The second kappa shape index (κ2) is 9.48. The first-order valence-electron chi connectivity index (χ1n) is 10.7. The Labute approximate surface area is 188 Å². The van der Waals surface area contributed by atoms with Gasteiger partial charge in [-0.25, -0.2) is 0 Å². The number of amides is 2. The number of fused-ring (bicyclic) bond motifs is 2. The van der Waals surface area contributed by atoms with Gasteiger partial charge >= 0.3 is 0 Å². The number of ether oxygens (including phenoxy) is 3. The minimum atomic E-state index is -0.661. The lowest BCUT2D eigenvalue weighted by Crippen LogP contribution is -2.53. The number of carbonyl (C=O) groups is 2. The molecule has 32 heavy (non-hydrogen) atoms. The summed E-state index contributed by atoms with van der Waals surface area (Å²) >= 11 is 0. The Morgan fingerprint density at radius 2 is 1.88 bits per heavy atom. The van der Waals surface area contributed by atoms with Crippen LogP contribution in [0.4, 0.5) is 0 Å². The maximum Gasteiger partial charge on any atom is 0.245 e. The maximum absolute atomic E-state index is 13.4. The highest BCUT2D eigenvalue weighted by atomic mass is 16.7. The van der Waals surface area contributed by atoms with Crippen LogP contribution in [0.3, 0.4) is 0 Å². The smallest absolute Gasteiger partial charge is 0.245 e. The minimum absolute atomic E-state index is 0.127. The van der Waals surface area contributed by atoms with E-state index in [2.05, 4.69) is 5.32 Å². The molecule has 2 aliphatic rings. The molecule has 0 saturated carbocycles. The average Bonchev–Trinajstić information content (AvgIpc) is 3.15. The lowest BCUT2D eigenvalue weighted by Gasteiger charge is -2.33. The number of likely N-dealkylation sites (N-methyl/N-ethyl adjacent to an activating group) is 1. The van der Waals surface area contributed by atoms with Crippen molar-refractivity contribution < 1.29 is 23.8 Å². The minimum Gasteiger partial charge on any atom is -0.491 e. The standard InChI is InChI=1S/C24H29N3O5/c1-16(25-23(28)11-17-8-9-21-22(10-17)32-15-31-21)24(29)27-12-18-6-4-5-7-20(18)30-14-19(27)13-26(2)3/h4-10,16,19H,11-15H2,1-3H3,(H,25,28). The van der Waals surface area contributed by atoms with Crippen molar-refractivity contribution in [3.8, 4) is 17.2 Å². The molecule has 8 heteroatoms. The van der Waals surface area contributed by atoms with Crippen molar-refractivity contribution in [1.82, 2.24) is 15.1 Å². The second-order valence-corrected chi connectivity index (χ2v) is 8.45. The van der Waals surface area contributed by atoms with Crippen LogP contribution in [-0.4, -0.2) is 67.7 Å². The molecule has 0 saturated heterocycles. The summed E-state index contributed by atoms with van der Waals surface area (Å²) in [6.07, 6.45) is 0.154. The third-order valence-electron chi connectivity index (χ3n) is 5.59. The number of benzene rings is 2. The van der Waals surface area contributed by atoms with E-state index in [1.165, 1.54) is 0 Å². The average molecular weight is 440 g/mol. The molecular weight excluding hydrogens is 410 g/mol. The lowest BCUT2D eigenvalue weighted by molar-refractivity contribution is -0.139. The van der Waals surface area contributed by atoms with Gasteiger partial charge in [0, 0.05) is 18.7 Å². The van der Waals surface area contributed by atoms with Crippen molar-refractivity contribution in [3.05, 3.63) is 53.6 Å². The van der Waals surface area contributed by atoms with Gasteiger partial charge in [0.2, 0.25) is 18.6 Å². The van der Waals surface area contributed by atoms with Gasteiger partial charge in [-0.2, -0.15) is 0 Å². The molecule has 0 fully saturated rings. The molecule has 2 amide bonds. The van der Waals surface area contributed by atoms with Gasteiger partial charge in [-0.1, -0.05) is 24.3 Å². The van der Waals surface area contributed by atoms with Crippen LogP contribution in [0.1, 0.15) is 18.1 Å². The van der Waals surface area contributed by atoms with Crippen molar-refractivity contribution in [2.45, 2.75) is 32.0 Å². The Kier molecular flexibility index (Phi) is 6.50. The highest BCUT2D eigenvalue weighted by molar-refractivity contribution is 5.88. The first-order chi connectivity index (χ1) is 15.4. The number of hydrogen-bond acceptors (Lipinski definition) is 6. The van der Waals surface area contributed by atoms with Crippen LogP contribution < -0.4 is 19.5 Å². The predicted molar refractivity (Wildman–Crippen MR) is 119 cm³/mol. The normalized spacial score (nSPS) is 17.9. The number of rotatable bonds is 6. The zero-order chi connectivity index (χ0) is 22.7. The van der Waals surface area contributed by atoms with E-state index in [1.807, 2.05) is 54.2 Å². The van der Waals surface area contributed by atoms with Crippen LogP contribution in [0.2, 0.25) is 0 Å². The fourth-order valence-corrected chi connectivity index (χ4v) is 4.03. The third kappa shape index (κ3) is 4.96. The highest BCUT2D eigenvalue weighted by Gasteiger charge is 2.32. The summed E-state index contributed by atoms with van der Waals surface area (Å²) in [4.78, 5) is 29.9. The van der Waals surface area contributed by atoms with Crippen molar-refractivity contribution in [1.29, 1.82) is 0 Å². The van der Waals surface area contributed by atoms with Gasteiger partial charge < -0.3 is 29.3 Å². The topological polar surface area (TPSA) is 80.3 Å².